The van der Waals surface area contributed by atoms with Crippen LogP contribution in [0.5, 0.6) is 0 Å². The maximum Gasteiger partial charge on any atom is 0.255 e. The van der Waals surface area contributed by atoms with Gasteiger partial charge in [0.1, 0.15) is 5.76 Å². The Kier molecular flexibility index (Phi) is 5.21. The first-order valence-electron chi connectivity index (χ1n) is 9.07. The van der Waals surface area contributed by atoms with E-state index >= 15 is 0 Å². The number of benzene rings is 1. The molecule has 5 nitrogen and oxygen atoms in total. The van der Waals surface area contributed by atoms with Crippen molar-refractivity contribution in [1.29, 1.82) is 0 Å². The van der Waals surface area contributed by atoms with Gasteiger partial charge in [-0.05, 0) is 42.7 Å². The minimum atomic E-state index is 0.0146. The number of carbonyl (C=O) groups excluding carboxylic acids is 1. The Balaban J connectivity index is 1.43. The highest BCUT2D eigenvalue weighted by Gasteiger charge is 2.28. The molecule has 0 bridgehead atoms. The van der Waals surface area contributed by atoms with Gasteiger partial charge in [-0.25, -0.2) is 4.98 Å². The van der Waals surface area contributed by atoms with Crippen LogP contribution in [0, 0.1) is 0 Å². The molecule has 6 heteroatoms. The molecular weight excluding hydrogens is 362 g/mol. The number of rotatable bonds is 4. The number of pyridine rings is 1. The first-order valence-corrected chi connectivity index (χ1v) is 9.45. The van der Waals surface area contributed by atoms with Gasteiger partial charge in [0.25, 0.3) is 5.91 Å². The summed E-state index contributed by atoms with van der Waals surface area (Å²) in [4.78, 5) is 23.1. The van der Waals surface area contributed by atoms with Gasteiger partial charge in [0, 0.05) is 36.9 Å². The number of halogens is 1. The quantitative estimate of drug-likeness (QED) is 0.674. The van der Waals surface area contributed by atoms with E-state index in [1.807, 2.05) is 29.2 Å². The Bertz CT molecular complexity index is 909. The molecule has 0 N–H and O–H groups in total. The van der Waals surface area contributed by atoms with E-state index in [9.17, 15) is 4.79 Å². The molecule has 1 aliphatic rings. The zero-order valence-electron chi connectivity index (χ0n) is 14.8. The summed E-state index contributed by atoms with van der Waals surface area (Å²) in [6.45, 7) is 1.37. The van der Waals surface area contributed by atoms with E-state index in [1.54, 1.807) is 30.7 Å². The molecule has 4 rings (SSSR count). The highest BCUT2D eigenvalue weighted by Crippen LogP contribution is 2.28. The average Bonchev–Trinajstić information content (AvgIpc) is 3.18. The number of hydrogen-bond acceptors (Lipinski definition) is 4. The largest absolute Gasteiger partial charge is 0.445 e. The third kappa shape index (κ3) is 4.19. The molecule has 1 atom stereocenters. The van der Waals surface area contributed by atoms with Crippen LogP contribution in [-0.2, 0) is 6.42 Å². The highest BCUT2D eigenvalue weighted by molar-refractivity contribution is 6.30. The second-order valence-corrected chi connectivity index (χ2v) is 7.24. The van der Waals surface area contributed by atoms with Gasteiger partial charge in [-0.3, -0.25) is 9.78 Å². The van der Waals surface area contributed by atoms with Crippen LogP contribution in [-0.4, -0.2) is 33.9 Å². The van der Waals surface area contributed by atoms with Crippen LogP contribution in [0.15, 0.2) is 59.4 Å². The zero-order chi connectivity index (χ0) is 18.6. The van der Waals surface area contributed by atoms with Crippen LogP contribution in [0.1, 0.15) is 46.3 Å². The Morgan fingerprint density at radius 2 is 2.07 bits per heavy atom. The number of aromatic nitrogens is 2. The number of amides is 1. The van der Waals surface area contributed by atoms with Crippen molar-refractivity contribution in [3.05, 3.63) is 82.8 Å². The van der Waals surface area contributed by atoms with Crippen LogP contribution < -0.4 is 0 Å². The van der Waals surface area contributed by atoms with Gasteiger partial charge in [-0.1, -0.05) is 23.7 Å². The number of carbonyl (C=O) groups is 1. The standard InChI is InChI=1S/C21H20ClN3O2/c22-18-7-5-15(6-8-18)11-19-13-24-20(27-19)17-4-2-10-25(14-17)21(26)16-3-1-9-23-12-16/h1,3,5-9,12-13,17H,2,4,10-11,14H2. The van der Waals surface area contributed by atoms with Crippen molar-refractivity contribution in [2.75, 3.05) is 13.1 Å². The number of oxazole rings is 1. The normalized spacial score (nSPS) is 17.1. The molecule has 138 valence electrons. The molecule has 3 heterocycles. The molecule has 1 fully saturated rings. The molecule has 3 aromatic rings. The van der Waals surface area contributed by atoms with Crippen molar-refractivity contribution in [1.82, 2.24) is 14.9 Å². The predicted molar refractivity (Wildman–Crippen MR) is 103 cm³/mol. The van der Waals surface area contributed by atoms with Crippen molar-refractivity contribution in [3.63, 3.8) is 0 Å². The van der Waals surface area contributed by atoms with Gasteiger partial charge in [0.2, 0.25) is 0 Å². The van der Waals surface area contributed by atoms with E-state index in [0.29, 0.717) is 24.4 Å². The summed E-state index contributed by atoms with van der Waals surface area (Å²) in [7, 11) is 0. The molecule has 1 aromatic carbocycles. The van der Waals surface area contributed by atoms with E-state index in [2.05, 4.69) is 9.97 Å². The molecule has 27 heavy (non-hydrogen) atoms. The van der Waals surface area contributed by atoms with Crippen molar-refractivity contribution < 1.29 is 9.21 Å². The summed E-state index contributed by atoms with van der Waals surface area (Å²) in [6, 6.07) is 11.3. The molecule has 1 unspecified atom stereocenters. The fourth-order valence-corrected chi connectivity index (χ4v) is 3.56. The molecule has 1 aliphatic heterocycles. The number of likely N-dealkylation sites (tertiary alicyclic amines) is 1. The SMILES string of the molecule is O=C(c1cccnc1)N1CCCC(c2ncc(Cc3ccc(Cl)cc3)o2)C1. The summed E-state index contributed by atoms with van der Waals surface area (Å²) in [5.41, 5.74) is 1.74. The number of piperidine rings is 1. The molecule has 1 saturated heterocycles. The molecule has 0 saturated carbocycles. The third-order valence-electron chi connectivity index (χ3n) is 4.83. The first-order chi connectivity index (χ1) is 13.2. The molecule has 2 aromatic heterocycles. The zero-order valence-corrected chi connectivity index (χ0v) is 15.6. The van der Waals surface area contributed by atoms with Crippen molar-refractivity contribution >= 4 is 17.5 Å². The minimum Gasteiger partial charge on any atom is -0.445 e. The second kappa shape index (κ2) is 7.92. The van der Waals surface area contributed by atoms with Gasteiger partial charge in [-0.15, -0.1) is 0 Å². The Morgan fingerprint density at radius 3 is 2.85 bits per heavy atom. The summed E-state index contributed by atoms with van der Waals surface area (Å²) < 4.78 is 6.00. The van der Waals surface area contributed by atoms with Crippen molar-refractivity contribution in [2.45, 2.75) is 25.2 Å². The molecule has 0 spiro atoms. The van der Waals surface area contributed by atoms with Crippen molar-refractivity contribution in [3.8, 4) is 0 Å². The molecule has 0 aliphatic carbocycles. The molecule has 0 radical (unpaired) electrons. The summed E-state index contributed by atoms with van der Waals surface area (Å²) in [5.74, 6) is 1.67. The number of nitrogens with zero attached hydrogens (tertiary/aromatic N) is 3. The van der Waals surface area contributed by atoms with E-state index in [0.717, 1.165) is 35.7 Å². The Hall–Kier alpha value is -2.66. The predicted octanol–water partition coefficient (Wildman–Crippen LogP) is 4.33. The lowest BCUT2D eigenvalue weighted by Gasteiger charge is -2.31. The highest BCUT2D eigenvalue weighted by atomic mass is 35.5. The van der Waals surface area contributed by atoms with Crippen LogP contribution in [0.4, 0.5) is 0 Å². The lowest BCUT2D eigenvalue weighted by molar-refractivity contribution is 0.0697. The fraction of sp³-hybridized carbons (Fsp3) is 0.286. The second-order valence-electron chi connectivity index (χ2n) is 6.80. The summed E-state index contributed by atoms with van der Waals surface area (Å²) in [6.07, 6.45) is 7.65. The van der Waals surface area contributed by atoms with Gasteiger partial charge in [0.15, 0.2) is 5.89 Å². The van der Waals surface area contributed by atoms with E-state index in [-0.39, 0.29) is 11.8 Å². The monoisotopic (exact) mass is 381 g/mol. The van der Waals surface area contributed by atoms with Gasteiger partial charge >= 0.3 is 0 Å². The van der Waals surface area contributed by atoms with Crippen molar-refractivity contribution in [2.24, 2.45) is 0 Å². The lowest BCUT2D eigenvalue weighted by Crippen LogP contribution is -2.39. The third-order valence-corrected chi connectivity index (χ3v) is 5.08. The maximum atomic E-state index is 12.7. The van der Waals surface area contributed by atoms with Gasteiger partial charge < -0.3 is 9.32 Å². The van der Waals surface area contributed by atoms with Gasteiger partial charge in [0.05, 0.1) is 17.7 Å². The number of hydrogen-bond donors (Lipinski definition) is 0. The topological polar surface area (TPSA) is 59.2 Å². The fourth-order valence-electron chi connectivity index (χ4n) is 3.43. The summed E-state index contributed by atoms with van der Waals surface area (Å²) in [5, 5.41) is 0.720. The average molecular weight is 382 g/mol. The first kappa shape index (κ1) is 17.7. The van der Waals surface area contributed by atoms with Gasteiger partial charge in [-0.2, -0.15) is 0 Å². The van der Waals surface area contributed by atoms with E-state index in [1.165, 1.54) is 0 Å². The Labute approximate surface area is 163 Å². The lowest BCUT2D eigenvalue weighted by atomic mass is 9.97. The minimum absolute atomic E-state index is 0.0146. The van der Waals surface area contributed by atoms with E-state index in [4.69, 9.17) is 16.0 Å². The molecular formula is C21H20ClN3O2. The van der Waals surface area contributed by atoms with Crippen LogP contribution in [0.2, 0.25) is 5.02 Å². The van der Waals surface area contributed by atoms with Crippen LogP contribution >= 0.6 is 11.6 Å². The van der Waals surface area contributed by atoms with Crippen LogP contribution in [0.3, 0.4) is 0 Å². The van der Waals surface area contributed by atoms with E-state index < -0.39 is 0 Å². The smallest absolute Gasteiger partial charge is 0.255 e. The Morgan fingerprint density at radius 1 is 1.22 bits per heavy atom. The molecule has 1 amide bonds. The maximum absolute atomic E-state index is 12.7. The van der Waals surface area contributed by atoms with Crippen LogP contribution in [0.25, 0.3) is 0 Å². The summed E-state index contributed by atoms with van der Waals surface area (Å²) >= 11 is 5.93.